The lowest BCUT2D eigenvalue weighted by Crippen LogP contribution is -2.51. The summed E-state index contributed by atoms with van der Waals surface area (Å²) in [5, 5.41) is 2.89. The van der Waals surface area contributed by atoms with Gasteiger partial charge in [-0.25, -0.2) is 8.42 Å². The number of nitrogens with zero attached hydrogens (tertiary/aromatic N) is 2. The molecule has 0 unspecified atom stereocenters. The van der Waals surface area contributed by atoms with Crippen LogP contribution in [0.5, 0.6) is 5.75 Å². The van der Waals surface area contributed by atoms with Crippen LogP contribution < -0.4 is 14.4 Å². The third-order valence-corrected chi connectivity index (χ3v) is 8.05. The van der Waals surface area contributed by atoms with Gasteiger partial charge in [0.2, 0.25) is 11.8 Å². The number of aryl methyl sites for hydroxylation is 1. The Hall–Kier alpha value is -3.85. The van der Waals surface area contributed by atoms with Crippen LogP contribution in [-0.2, 0) is 26.2 Å². The Kier molecular flexibility index (Phi) is 10.1. The monoisotopic (exact) mass is 551 g/mol. The van der Waals surface area contributed by atoms with Crippen molar-refractivity contribution in [3.8, 4) is 5.75 Å². The van der Waals surface area contributed by atoms with Gasteiger partial charge >= 0.3 is 0 Å². The molecule has 0 saturated carbocycles. The number of nitrogens with one attached hydrogen (secondary N) is 1. The minimum Gasteiger partial charge on any atom is -0.497 e. The number of methoxy groups -OCH3 is 1. The summed E-state index contributed by atoms with van der Waals surface area (Å²) < 4.78 is 33.9. The van der Waals surface area contributed by atoms with Crippen molar-refractivity contribution in [3.63, 3.8) is 0 Å². The number of hydrogen-bond donors (Lipinski definition) is 1. The van der Waals surface area contributed by atoms with Gasteiger partial charge in [-0.2, -0.15) is 0 Å². The predicted octanol–water partition coefficient (Wildman–Crippen LogP) is 4.39. The Morgan fingerprint density at radius 3 is 2.18 bits per heavy atom. The first-order chi connectivity index (χ1) is 18.5. The molecule has 39 heavy (non-hydrogen) atoms. The van der Waals surface area contributed by atoms with E-state index in [0.29, 0.717) is 18.0 Å². The number of sulfonamides is 1. The standard InChI is InChI=1S/C30H37N3O5S/c1-22(2)19-31-30(35)24(4)32(20-25-14-16-27(38-5)17-15-25)29(34)21-33(26-11-9-10-23(3)18-26)39(36,37)28-12-7-6-8-13-28/h6-18,22,24H,19-21H2,1-5H3,(H,31,35)/t24-/m1/s1. The van der Waals surface area contributed by atoms with Crippen LogP contribution in [0.2, 0.25) is 0 Å². The van der Waals surface area contributed by atoms with Crippen molar-refractivity contribution >= 4 is 27.5 Å². The summed E-state index contributed by atoms with van der Waals surface area (Å²) >= 11 is 0. The average Bonchev–Trinajstić information content (AvgIpc) is 2.93. The molecule has 1 N–H and O–H groups in total. The molecule has 0 aliphatic heterocycles. The van der Waals surface area contributed by atoms with Crippen LogP contribution in [0.3, 0.4) is 0 Å². The zero-order chi connectivity index (χ0) is 28.6. The molecule has 208 valence electrons. The van der Waals surface area contributed by atoms with Crippen molar-refractivity contribution in [2.24, 2.45) is 5.92 Å². The second-order valence-electron chi connectivity index (χ2n) is 9.85. The van der Waals surface area contributed by atoms with Gasteiger partial charge in [-0.1, -0.05) is 56.3 Å². The van der Waals surface area contributed by atoms with E-state index >= 15 is 0 Å². The molecule has 0 aliphatic rings. The first-order valence-corrected chi connectivity index (χ1v) is 14.3. The number of carbonyl (C=O) groups is 2. The first-order valence-electron chi connectivity index (χ1n) is 12.9. The third-order valence-electron chi connectivity index (χ3n) is 6.26. The highest BCUT2D eigenvalue weighted by molar-refractivity contribution is 7.92. The summed E-state index contributed by atoms with van der Waals surface area (Å²) in [4.78, 5) is 28.5. The fourth-order valence-electron chi connectivity index (χ4n) is 3.99. The maximum Gasteiger partial charge on any atom is 0.264 e. The smallest absolute Gasteiger partial charge is 0.264 e. The molecule has 3 aromatic rings. The lowest BCUT2D eigenvalue weighted by molar-refractivity contribution is -0.139. The van der Waals surface area contributed by atoms with Crippen LogP contribution in [0.25, 0.3) is 0 Å². The Labute approximate surface area is 231 Å². The SMILES string of the molecule is COc1ccc(CN(C(=O)CN(c2cccc(C)c2)S(=O)(=O)c2ccccc2)[C@H](C)C(=O)NCC(C)C)cc1. The minimum atomic E-state index is -4.08. The second-order valence-corrected chi connectivity index (χ2v) is 11.7. The maximum absolute atomic E-state index is 13.9. The van der Waals surface area contributed by atoms with Gasteiger partial charge in [0.05, 0.1) is 17.7 Å². The number of anilines is 1. The molecule has 0 heterocycles. The minimum absolute atomic E-state index is 0.0729. The molecule has 0 aliphatic carbocycles. The largest absolute Gasteiger partial charge is 0.497 e. The van der Waals surface area contributed by atoms with Gasteiger partial charge in [-0.3, -0.25) is 13.9 Å². The van der Waals surface area contributed by atoms with Crippen molar-refractivity contribution in [1.29, 1.82) is 0 Å². The summed E-state index contributed by atoms with van der Waals surface area (Å²) in [6.45, 7) is 7.59. The Balaban J connectivity index is 1.99. The summed E-state index contributed by atoms with van der Waals surface area (Å²) in [5.41, 5.74) is 2.00. The van der Waals surface area contributed by atoms with E-state index in [9.17, 15) is 18.0 Å². The zero-order valence-corrected chi connectivity index (χ0v) is 23.9. The Morgan fingerprint density at radius 2 is 1.59 bits per heavy atom. The molecule has 2 amide bonds. The van der Waals surface area contributed by atoms with Crippen molar-refractivity contribution in [1.82, 2.24) is 10.2 Å². The van der Waals surface area contributed by atoms with E-state index in [2.05, 4.69) is 5.32 Å². The van der Waals surface area contributed by atoms with E-state index in [0.717, 1.165) is 15.4 Å². The summed E-state index contributed by atoms with van der Waals surface area (Å²) in [7, 11) is -2.51. The number of benzene rings is 3. The van der Waals surface area contributed by atoms with Crippen LogP contribution in [-0.4, -0.2) is 51.4 Å². The van der Waals surface area contributed by atoms with E-state index in [4.69, 9.17) is 4.74 Å². The van der Waals surface area contributed by atoms with Crippen molar-refractivity contribution in [2.75, 3.05) is 24.5 Å². The van der Waals surface area contributed by atoms with Crippen LogP contribution in [0.1, 0.15) is 31.9 Å². The van der Waals surface area contributed by atoms with E-state index in [1.54, 1.807) is 62.6 Å². The molecule has 1 atom stereocenters. The Morgan fingerprint density at radius 1 is 0.923 bits per heavy atom. The van der Waals surface area contributed by atoms with E-state index in [1.165, 1.54) is 17.0 Å². The lowest BCUT2D eigenvalue weighted by atomic mass is 10.1. The molecule has 9 heteroatoms. The van der Waals surface area contributed by atoms with Gasteiger partial charge < -0.3 is 15.0 Å². The van der Waals surface area contributed by atoms with Gasteiger partial charge in [-0.15, -0.1) is 0 Å². The average molecular weight is 552 g/mol. The number of carbonyl (C=O) groups excluding carboxylic acids is 2. The lowest BCUT2D eigenvalue weighted by Gasteiger charge is -2.32. The van der Waals surface area contributed by atoms with Crippen molar-refractivity contribution < 1.29 is 22.7 Å². The topological polar surface area (TPSA) is 96.0 Å². The number of hydrogen-bond acceptors (Lipinski definition) is 5. The number of ether oxygens (including phenoxy) is 1. The van der Waals surface area contributed by atoms with Crippen molar-refractivity contribution in [3.05, 3.63) is 90.0 Å². The van der Waals surface area contributed by atoms with Gasteiger partial charge in [-0.05, 0) is 67.3 Å². The fraction of sp³-hybridized carbons (Fsp3) is 0.333. The van der Waals surface area contributed by atoms with E-state index in [1.807, 2.05) is 39.0 Å². The van der Waals surface area contributed by atoms with Crippen LogP contribution in [0.4, 0.5) is 5.69 Å². The summed E-state index contributed by atoms with van der Waals surface area (Å²) in [6.07, 6.45) is 0. The van der Waals surface area contributed by atoms with Gasteiger partial charge in [0.15, 0.2) is 0 Å². The maximum atomic E-state index is 13.9. The molecule has 0 bridgehead atoms. The molecular formula is C30H37N3O5S. The summed E-state index contributed by atoms with van der Waals surface area (Å²) in [5.74, 6) is 0.0938. The highest BCUT2D eigenvalue weighted by Crippen LogP contribution is 2.25. The fourth-order valence-corrected chi connectivity index (χ4v) is 5.42. The second kappa shape index (κ2) is 13.3. The highest BCUT2D eigenvalue weighted by Gasteiger charge is 2.32. The van der Waals surface area contributed by atoms with E-state index in [-0.39, 0.29) is 23.3 Å². The quantitative estimate of drug-likeness (QED) is 0.360. The molecule has 0 radical (unpaired) electrons. The predicted molar refractivity (Wildman–Crippen MR) is 153 cm³/mol. The molecule has 0 fully saturated rings. The summed E-state index contributed by atoms with van der Waals surface area (Å²) in [6, 6.07) is 21.4. The molecule has 0 aromatic heterocycles. The van der Waals surface area contributed by atoms with Crippen molar-refractivity contribution in [2.45, 2.75) is 45.2 Å². The van der Waals surface area contributed by atoms with Crippen LogP contribution in [0.15, 0.2) is 83.8 Å². The normalized spacial score (nSPS) is 12.1. The van der Waals surface area contributed by atoms with Gasteiger partial charge in [0.1, 0.15) is 18.3 Å². The molecule has 0 spiro atoms. The molecular weight excluding hydrogens is 514 g/mol. The highest BCUT2D eigenvalue weighted by atomic mass is 32.2. The first kappa shape index (κ1) is 29.7. The number of rotatable bonds is 12. The number of amides is 2. The van der Waals surface area contributed by atoms with E-state index < -0.39 is 28.5 Å². The van der Waals surface area contributed by atoms with Gasteiger partial charge in [0.25, 0.3) is 10.0 Å². The molecule has 8 nitrogen and oxygen atoms in total. The zero-order valence-electron chi connectivity index (χ0n) is 23.1. The third kappa shape index (κ3) is 7.83. The van der Waals surface area contributed by atoms with Crippen LogP contribution >= 0.6 is 0 Å². The molecule has 3 rings (SSSR count). The molecule has 0 saturated heterocycles. The molecule has 3 aromatic carbocycles. The van der Waals surface area contributed by atoms with Gasteiger partial charge in [0, 0.05) is 13.1 Å². The Bertz CT molecular complexity index is 1360. The van der Waals surface area contributed by atoms with Crippen LogP contribution in [0, 0.1) is 12.8 Å².